The van der Waals surface area contributed by atoms with Crippen LogP contribution in [0.2, 0.25) is 0 Å². The maximum absolute atomic E-state index is 13.3. The molecule has 164 valence electrons. The Balaban J connectivity index is 1.87. The quantitative estimate of drug-likeness (QED) is 0.546. The van der Waals surface area contributed by atoms with Crippen molar-refractivity contribution in [2.75, 3.05) is 25.2 Å². The summed E-state index contributed by atoms with van der Waals surface area (Å²) in [7, 11) is 1.64. The first-order valence-corrected chi connectivity index (χ1v) is 11.5. The number of fused-ring (bicyclic) bond motifs is 1. The summed E-state index contributed by atoms with van der Waals surface area (Å²) in [5.41, 5.74) is 2.77. The van der Waals surface area contributed by atoms with E-state index in [0.717, 1.165) is 16.3 Å². The van der Waals surface area contributed by atoms with Crippen LogP contribution >= 0.6 is 11.8 Å². The van der Waals surface area contributed by atoms with Crippen LogP contribution < -0.4 is 5.32 Å². The average molecular weight is 440 g/mol. The number of nitrogens with zero attached hydrogens (tertiary/aromatic N) is 4. The first-order valence-electron chi connectivity index (χ1n) is 10.3. The van der Waals surface area contributed by atoms with Crippen LogP contribution in [0.25, 0.3) is 11.0 Å². The highest BCUT2D eigenvalue weighted by molar-refractivity contribution is 7.98. The van der Waals surface area contributed by atoms with Crippen LogP contribution in [0.15, 0.2) is 41.4 Å². The summed E-state index contributed by atoms with van der Waals surface area (Å²) >= 11 is 1.56. The van der Waals surface area contributed by atoms with Crippen molar-refractivity contribution in [2.45, 2.75) is 44.6 Å². The summed E-state index contributed by atoms with van der Waals surface area (Å²) in [5, 5.41) is 8.03. The molecule has 0 fully saturated rings. The van der Waals surface area contributed by atoms with Gasteiger partial charge in [0.1, 0.15) is 0 Å². The minimum atomic E-state index is -0.246. The van der Waals surface area contributed by atoms with Gasteiger partial charge in [0.15, 0.2) is 5.65 Å². The van der Waals surface area contributed by atoms with Crippen molar-refractivity contribution >= 4 is 40.3 Å². The predicted molar refractivity (Wildman–Crippen MR) is 126 cm³/mol. The SMILES string of the molecule is CSc1ccccc1NC(=O)CN(C)C(=O)c1cc(C(C)C)nc2c1cnn2C(C)C. The summed E-state index contributed by atoms with van der Waals surface area (Å²) in [4.78, 5) is 33.1. The molecule has 1 aromatic carbocycles. The molecule has 31 heavy (non-hydrogen) atoms. The number of benzene rings is 1. The molecule has 2 aromatic heterocycles. The highest BCUT2D eigenvalue weighted by atomic mass is 32.2. The third kappa shape index (κ3) is 4.90. The second-order valence-electron chi connectivity index (χ2n) is 8.08. The van der Waals surface area contributed by atoms with Gasteiger partial charge in [0.2, 0.25) is 5.91 Å². The molecule has 0 spiro atoms. The number of likely N-dealkylation sites (N-methyl/N-ethyl adjacent to an activating group) is 1. The molecule has 0 radical (unpaired) electrons. The zero-order valence-electron chi connectivity index (χ0n) is 18.8. The molecule has 0 unspecified atom stereocenters. The predicted octanol–water partition coefficient (Wildman–Crippen LogP) is 4.57. The maximum Gasteiger partial charge on any atom is 0.254 e. The first-order chi connectivity index (χ1) is 14.7. The van der Waals surface area contributed by atoms with Gasteiger partial charge in [-0.1, -0.05) is 26.0 Å². The number of carbonyl (C=O) groups is 2. The Labute approximate surface area is 187 Å². The summed E-state index contributed by atoms with van der Waals surface area (Å²) in [6.07, 6.45) is 3.64. The lowest BCUT2D eigenvalue weighted by Crippen LogP contribution is -2.35. The Kier molecular flexibility index (Phi) is 7.00. The number of anilines is 1. The van der Waals surface area contributed by atoms with E-state index in [2.05, 4.69) is 10.4 Å². The number of rotatable bonds is 7. The Bertz CT molecular complexity index is 1110. The molecule has 0 aliphatic heterocycles. The number of pyridine rings is 1. The molecule has 0 bridgehead atoms. The summed E-state index contributed by atoms with van der Waals surface area (Å²) < 4.78 is 1.82. The van der Waals surface area contributed by atoms with Crippen LogP contribution in [0.5, 0.6) is 0 Å². The van der Waals surface area contributed by atoms with Gasteiger partial charge in [-0.2, -0.15) is 5.10 Å². The van der Waals surface area contributed by atoms with Crippen LogP contribution in [0, 0.1) is 0 Å². The highest BCUT2D eigenvalue weighted by Gasteiger charge is 2.22. The number of nitrogens with one attached hydrogen (secondary N) is 1. The normalized spacial score (nSPS) is 11.4. The second kappa shape index (κ2) is 9.51. The third-order valence-corrected chi connectivity index (χ3v) is 5.80. The largest absolute Gasteiger partial charge is 0.332 e. The van der Waals surface area contributed by atoms with E-state index in [4.69, 9.17) is 4.98 Å². The van der Waals surface area contributed by atoms with E-state index in [1.54, 1.807) is 25.0 Å². The molecule has 0 saturated heterocycles. The van der Waals surface area contributed by atoms with Crippen LogP contribution in [-0.2, 0) is 4.79 Å². The number of hydrogen-bond donors (Lipinski definition) is 1. The van der Waals surface area contributed by atoms with Crippen molar-refractivity contribution in [2.24, 2.45) is 0 Å². The zero-order chi connectivity index (χ0) is 22.7. The van der Waals surface area contributed by atoms with Crippen molar-refractivity contribution in [1.29, 1.82) is 0 Å². The smallest absolute Gasteiger partial charge is 0.254 e. The number of aromatic nitrogens is 3. The Morgan fingerprint density at radius 2 is 1.90 bits per heavy atom. The number of amides is 2. The lowest BCUT2D eigenvalue weighted by atomic mass is 10.0. The van der Waals surface area contributed by atoms with E-state index in [1.807, 2.05) is 69.0 Å². The van der Waals surface area contributed by atoms with Gasteiger partial charge in [0.25, 0.3) is 5.91 Å². The monoisotopic (exact) mass is 439 g/mol. The topological polar surface area (TPSA) is 80.1 Å². The molecule has 0 aliphatic carbocycles. The molecule has 8 heteroatoms. The Hall–Kier alpha value is -2.87. The van der Waals surface area contributed by atoms with Crippen LogP contribution in [0.4, 0.5) is 5.69 Å². The van der Waals surface area contributed by atoms with E-state index >= 15 is 0 Å². The Morgan fingerprint density at radius 1 is 1.19 bits per heavy atom. The average Bonchev–Trinajstić information content (AvgIpc) is 3.17. The van der Waals surface area contributed by atoms with Crippen molar-refractivity contribution in [3.05, 3.63) is 47.8 Å². The molecule has 3 rings (SSSR count). The number of thioether (sulfide) groups is 1. The van der Waals surface area contributed by atoms with E-state index < -0.39 is 0 Å². The van der Waals surface area contributed by atoms with Crippen molar-refractivity contribution in [3.63, 3.8) is 0 Å². The van der Waals surface area contributed by atoms with E-state index in [9.17, 15) is 9.59 Å². The highest BCUT2D eigenvalue weighted by Crippen LogP contribution is 2.26. The van der Waals surface area contributed by atoms with E-state index in [1.165, 1.54) is 4.90 Å². The van der Waals surface area contributed by atoms with Gasteiger partial charge < -0.3 is 10.2 Å². The third-order valence-electron chi connectivity index (χ3n) is 5.01. The minimum absolute atomic E-state index is 0.0549. The molecule has 2 heterocycles. The molecule has 7 nitrogen and oxygen atoms in total. The lowest BCUT2D eigenvalue weighted by molar-refractivity contribution is -0.116. The van der Waals surface area contributed by atoms with Gasteiger partial charge >= 0.3 is 0 Å². The summed E-state index contributed by atoms with van der Waals surface area (Å²) in [6, 6.07) is 9.54. The Morgan fingerprint density at radius 3 is 2.55 bits per heavy atom. The van der Waals surface area contributed by atoms with Gasteiger partial charge in [-0.05, 0) is 44.2 Å². The molecule has 0 saturated carbocycles. The van der Waals surface area contributed by atoms with Gasteiger partial charge in [0, 0.05) is 23.7 Å². The molecule has 0 atom stereocenters. The first kappa shape index (κ1) is 22.8. The fourth-order valence-corrected chi connectivity index (χ4v) is 3.87. The van der Waals surface area contributed by atoms with Crippen molar-refractivity contribution in [3.8, 4) is 0 Å². The fraction of sp³-hybridized carbons (Fsp3) is 0.391. The van der Waals surface area contributed by atoms with E-state index in [-0.39, 0.29) is 30.3 Å². The van der Waals surface area contributed by atoms with Gasteiger partial charge in [-0.25, -0.2) is 9.67 Å². The number of para-hydroxylation sites is 1. The number of carbonyl (C=O) groups excluding carboxylic acids is 2. The molecule has 0 aliphatic rings. The standard InChI is InChI=1S/C23H29N5O2S/c1-14(2)19-11-16(17-12-24-28(15(3)4)22(17)26-19)23(30)27(5)13-21(29)25-18-9-7-8-10-20(18)31-6/h7-12,14-15H,13H2,1-6H3,(H,25,29). The maximum atomic E-state index is 13.3. The second-order valence-corrected chi connectivity index (χ2v) is 8.93. The van der Waals surface area contributed by atoms with Crippen molar-refractivity contribution in [1.82, 2.24) is 19.7 Å². The molecular weight excluding hydrogens is 410 g/mol. The molecule has 2 amide bonds. The van der Waals surface area contributed by atoms with Crippen molar-refractivity contribution < 1.29 is 9.59 Å². The minimum Gasteiger partial charge on any atom is -0.332 e. The zero-order valence-corrected chi connectivity index (χ0v) is 19.7. The van der Waals surface area contributed by atoms with Crippen LogP contribution in [-0.4, -0.2) is 51.3 Å². The summed E-state index contributed by atoms with van der Waals surface area (Å²) in [5.74, 6) is -0.321. The van der Waals surface area contributed by atoms with Crippen LogP contribution in [0.1, 0.15) is 55.7 Å². The molecule has 3 aromatic rings. The van der Waals surface area contributed by atoms with Gasteiger partial charge in [0.05, 0.1) is 29.4 Å². The fourth-order valence-electron chi connectivity index (χ4n) is 3.32. The molecule has 1 N–H and O–H groups in total. The van der Waals surface area contributed by atoms with Crippen LogP contribution in [0.3, 0.4) is 0 Å². The molecular formula is C23H29N5O2S. The summed E-state index contributed by atoms with van der Waals surface area (Å²) in [6.45, 7) is 8.08. The lowest BCUT2D eigenvalue weighted by Gasteiger charge is -2.19. The number of hydrogen-bond acceptors (Lipinski definition) is 5. The van der Waals surface area contributed by atoms with Gasteiger partial charge in [-0.3, -0.25) is 9.59 Å². The van der Waals surface area contributed by atoms with E-state index in [0.29, 0.717) is 16.6 Å². The van der Waals surface area contributed by atoms with Gasteiger partial charge in [-0.15, -0.1) is 11.8 Å².